The van der Waals surface area contributed by atoms with Crippen molar-refractivity contribution in [2.75, 3.05) is 11.9 Å². The number of rotatable bonds is 7. The van der Waals surface area contributed by atoms with Crippen LogP contribution in [0.15, 0.2) is 24.3 Å². The minimum Gasteiger partial charge on any atom is -0.356 e. The summed E-state index contributed by atoms with van der Waals surface area (Å²) in [4.78, 5) is 23.8. The van der Waals surface area contributed by atoms with Gasteiger partial charge in [0, 0.05) is 18.7 Å². The Bertz CT molecular complexity index is 504. The smallest absolute Gasteiger partial charge is 0.230 e. The molecule has 1 aromatic carbocycles. The van der Waals surface area contributed by atoms with Crippen LogP contribution in [-0.2, 0) is 15.0 Å². The lowest BCUT2D eigenvalue weighted by Gasteiger charge is -2.15. The summed E-state index contributed by atoms with van der Waals surface area (Å²) in [5.74, 6) is 0.166. The number of nitrogens with one attached hydrogen (secondary N) is 2. The van der Waals surface area contributed by atoms with Gasteiger partial charge in [-0.3, -0.25) is 9.59 Å². The van der Waals surface area contributed by atoms with E-state index in [9.17, 15) is 9.59 Å². The molecule has 1 saturated carbocycles. The van der Waals surface area contributed by atoms with Gasteiger partial charge in [-0.1, -0.05) is 25.5 Å². The topological polar surface area (TPSA) is 58.2 Å². The fourth-order valence-corrected chi connectivity index (χ4v) is 2.54. The maximum Gasteiger partial charge on any atom is 0.230 e. The zero-order valence-electron chi connectivity index (χ0n) is 12.9. The highest BCUT2D eigenvalue weighted by atomic mass is 16.2. The molecule has 4 nitrogen and oxygen atoms in total. The molecule has 0 aromatic heterocycles. The Kier molecular flexibility index (Phi) is 4.99. The molecular formula is C17H24N2O2. The molecule has 2 rings (SSSR count). The molecule has 0 unspecified atom stereocenters. The van der Waals surface area contributed by atoms with E-state index in [1.54, 1.807) is 0 Å². The van der Waals surface area contributed by atoms with Crippen LogP contribution in [0.4, 0.5) is 5.69 Å². The number of benzene rings is 1. The summed E-state index contributed by atoms with van der Waals surface area (Å²) in [5, 5.41) is 5.80. The summed E-state index contributed by atoms with van der Waals surface area (Å²) in [6, 6.07) is 7.69. The zero-order valence-corrected chi connectivity index (χ0v) is 12.9. The lowest BCUT2D eigenvalue weighted by molar-refractivity contribution is -0.123. The predicted octanol–water partition coefficient (Wildman–Crippen LogP) is 2.98. The average Bonchev–Trinajstić information content (AvgIpc) is 3.28. The van der Waals surface area contributed by atoms with Gasteiger partial charge in [0.05, 0.1) is 5.41 Å². The Balaban J connectivity index is 1.99. The molecule has 2 N–H and O–H groups in total. The van der Waals surface area contributed by atoms with Gasteiger partial charge in [-0.2, -0.15) is 0 Å². The molecule has 0 aliphatic heterocycles. The second kappa shape index (κ2) is 6.74. The molecule has 0 bridgehead atoms. The van der Waals surface area contributed by atoms with Crippen molar-refractivity contribution in [1.82, 2.24) is 5.32 Å². The van der Waals surface area contributed by atoms with Crippen LogP contribution in [0.1, 0.15) is 51.5 Å². The predicted molar refractivity (Wildman–Crippen MR) is 84.2 cm³/mol. The third kappa shape index (κ3) is 3.63. The van der Waals surface area contributed by atoms with Crippen molar-refractivity contribution in [2.24, 2.45) is 0 Å². The molecule has 0 radical (unpaired) electrons. The summed E-state index contributed by atoms with van der Waals surface area (Å²) in [6.45, 7) is 4.66. The molecule has 1 aliphatic rings. The SMILES string of the molecule is CCCCC(=O)Nc1ccc(C2(C(=O)NCC)CC2)cc1. The van der Waals surface area contributed by atoms with Gasteiger partial charge in [0.25, 0.3) is 0 Å². The molecular weight excluding hydrogens is 264 g/mol. The molecule has 1 aromatic rings. The number of hydrogen-bond donors (Lipinski definition) is 2. The van der Waals surface area contributed by atoms with E-state index in [4.69, 9.17) is 0 Å². The van der Waals surface area contributed by atoms with Gasteiger partial charge in [0.15, 0.2) is 0 Å². The highest BCUT2D eigenvalue weighted by Crippen LogP contribution is 2.48. The van der Waals surface area contributed by atoms with E-state index in [-0.39, 0.29) is 17.2 Å². The number of amides is 2. The second-order valence-corrected chi connectivity index (χ2v) is 5.67. The molecule has 1 fully saturated rings. The molecule has 0 heterocycles. The number of carbonyl (C=O) groups is 2. The third-order valence-electron chi connectivity index (χ3n) is 4.00. The monoisotopic (exact) mass is 288 g/mol. The van der Waals surface area contributed by atoms with E-state index in [2.05, 4.69) is 17.6 Å². The van der Waals surface area contributed by atoms with Crippen LogP contribution < -0.4 is 10.6 Å². The second-order valence-electron chi connectivity index (χ2n) is 5.67. The molecule has 2 amide bonds. The quantitative estimate of drug-likeness (QED) is 0.810. The van der Waals surface area contributed by atoms with Crippen LogP contribution in [-0.4, -0.2) is 18.4 Å². The van der Waals surface area contributed by atoms with Gasteiger partial charge in [0.1, 0.15) is 0 Å². The highest BCUT2D eigenvalue weighted by Gasteiger charge is 2.50. The molecule has 4 heteroatoms. The number of carbonyl (C=O) groups excluding carboxylic acids is 2. The van der Waals surface area contributed by atoms with Crippen molar-refractivity contribution in [3.63, 3.8) is 0 Å². The van der Waals surface area contributed by atoms with Crippen LogP contribution in [0.25, 0.3) is 0 Å². The minimum absolute atomic E-state index is 0.0504. The van der Waals surface area contributed by atoms with Gasteiger partial charge >= 0.3 is 0 Å². The number of unbranched alkanes of at least 4 members (excludes halogenated alkanes) is 1. The molecule has 0 spiro atoms. The summed E-state index contributed by atoms with van der Waals surface area (Å²) in [7, 11) is 0. The van der Waals surface area contributed by atoms with Crippen molar-refractivity contribution < 1.29 is 9.59 Å². The number of likely N-dealkylation sites (N-methyl/N-ethyl adjacent to an activating group) is 1. The maximum absolute atomic E-state index is 12.1. The molecule has 0 saturated heterocycles. The van der Waals surface area contributed by atoms with Crippen LogP contribution in [0, 0.1) is 0 Å². The Morgan fingerprint density at radius 2 is 1.81 bits per heavy atom. The fourth-order valence-electron chi connectivity index (χ4n) is 2.54. The van der Waals surface area contributed by atoms with Gasteiger partial charge in [-0.15, -0.1) is 0 Å². The molecule has 114 valence electrons. The van der Waals surface area contributed by atoms with Gasteiger partial charge in [-0.05, 0) is 43.9 Å². The van der Waals surface area contributed by atoms with E-state index < -0.39 is 0 Å². The first kappa shape index (κ1) is 15.5. The lowest BCUT2D eigenvalue weighted by Crippen LogP contribution is -2.34. The van der Waals surface area contributed by atoms with Crippen molar-refractivity contribution >= 4 is 17.5 Å². The molecule has 21 heavy (non-hydrogen) atoms. The van der Waals surface area contributed by atoms with Crippen molar-refractivity contribution in [3.05, 3.63) is 29.8 Å². The van der Waals surface area contributed by atoms with Crippen LogP contribution in [0.2, 0.25) is 0 Å². The largest absolute Gasteiger partial charge is 0.356 e. The zero-order chi connectivity index (χ0) is 15.3. The van der Waals surface area contributed by atoms with E-state index >= 15 is 0 Å². The highest BCUT2D eigenvalue weighted by molar-refractivity contribution is 5.92. The van der Waals surface area contributed by atoms with Gasteiger partial charge in [-0.25, -0.2) is 0 Å². The van der Waals surface area contributed by atoms with Crippen LogP contribution >= 0.6 is 0 Å². The molecule has 0 atom stereocenters. The first-order valence-corrected chi connectivity index (χ1v) is 7.81. The third-order valence-corrected chi connectivity index (χ3v) is 4.00. The standard InChI is InChI=1S/C17H24N2O2/c1-3-5-6-15(20)19-14-9-7-13(8-10-14)17(11-12-17)16(21)18-4-2/h7-10H,3-6,11-12H2,1-2H3,(H,18,21)(H,19,20). The number of hydrogen-bond acceptors (Lipinski definition) is 2. The maximum atomic E-state index is 12.1. The van der Waals surface area contributed by atoms with Gasteiger partial charge < -0.3 is 10.6 Å². The van der Waals surface area contributed by atoms with E-state index in [0.717, 1.165) is 36.9 Å². The summed E-state index contributed by atoms with van der Waals surface area (Å²) in [6.07, 6.45) is 4.29. The lowest BCUT2D eigenvalue weighted by atomic mass is 9.94. The van der Waals surface area contributed by atoms with Gasteiger partial charge in [0.2, 0.25) is 11.8 Å². The van der Waals surface area contributed by atoms with E-state index in [1.165, 1.54) is 0 Å². The van der Waals surface area contributed by atoms with E-state index in [1.807, 2.05) is 31.2 Å². The molecule has 1 aliphatic carbocycles. The fraction of sp³-hybridized carbons (Fsp3) is 0.529. The Hall–Kier alpha value is -1.84. The van der Waals surface area contributed by atoms with Crippen molar-refractivity contribution in [3.8, 4) is 0 Å². The normalized spacial score (nSPS) is 15.3. The summed E-state index contributed by atoms with van der Waals surface area (Å²) in [5.41, 5.74) is 1.51. The van der Waals surface area contributed by atoms with Crippen molar-refractivity contribution in [2.45, 2.75) is 51.4 Å². The summed E-state index contributed by atoms with van der Waals surface area (Å²) >= 11 is 0. The van der Waals surface area contributed by atoms with Crippen LogP contribution in [0.3, 0.4) is 0 Å². The van der Waals surface area contributed by atoms with Crippen LogP contribution in [0.5, 0.6) is 0 Å². The Labute approximate surface area is 126 Å². The van der Waals surface area contributed by atoms with E-state index in [0.29, 0.717) is 13.0 Å². The first-order valence-electron chi connectivity index (χ1n) is 7.81. The Morgan fingerprint density at radius 3 is 2.33 bits per heavy atom. The van der Waals surface area contributed by atoms with Crippen molar-refractivity contribution in [1.29, 1.82) is 0 Å². The first-order chi connectivity index (χ1) is 10.1. The summed E-state index contributed by atoms with van der Waals surface area (Å²) < 4.78 is 0. The number of anilines is 1. The Morgan fingerprint density at radius 1 is 1.14 bits per heavy atom. The average molecular weight is 288 g/mol. The minimum atomic E-state index is -0.333.